The van der Waals surface area contributed by atoms with Crippen LogP contribution in [0.1, 0.15) is 50.5 Å². The van der Waals surface area contributed by atoms with Crippen LogP contribution in [0.3, 0.4) is 0 Å². The number of piperidine rings is 1. The number of hydrogen-bond donors (Lipinski definition) is 0. The van der Waals surface area contributed by atoms with Crippen molar-refractivity contribution in [2.24, 2.45) is 5.92 Å². The summed E-state index contributed by atoms with van der Waals surface area (Å²) in [5, 5.41) is 0. The zero-order valence-electron chi connectivity index (χ0n) is 19.8. The number of aryl methyl sites for hydroxylation is 1. The highest BCUT2D eigenvalue weighted by Crippen LogP contribution is 2.22. The average molecular weight is 478 g/mol. The number of ether oxygens (including phenoxy) is 1. The van der Waals surface area contributed by atoms with Gasteiger partial charge >= 0.3 is 0 Å². The van der Waals surface area contributed by atoms with Crippen LogP contribution < -0.4 is 0 Å². The Hall–Kier alpha value is -1.48. The summed E-state index contributed by atoms with van der Waals surface area (Å²) in [6.07, 6.45) is 8.74. The van der Waals surface area contributed by atoms with Crippen LogP contribution >= 0.6 is 0 Å². The van der Waals surface area contributed by atoms with Crippen LogP contribution in [0, 0.1) is 5.92 Å². The van der Waals surface area contributed by atoms with Gasteiger partial charge in [0.25, 0.3) is 0 Å². The lowest BCUT2D eigenvalue weighted by atomic mass is 9.95. The molecule has 4 rings (SSSR count). The minimum absolute atomic E-state index is 0.216. The molecule has 0 aliphatic carbocycles. The third kappa shape index (κ3) is 6.78. The van der Waals surface area contributed by atoms with E-state index in [9.17, 15) is 13.2 Å². The Morgan fingerprint density at radius 3 is 2.15 bits per heavy atom. The third-order valence-electron chi connectivity index (χ3n) is 7.34. The fraction of sp³-hybridized carbons (Fsp3) is 0.720. The summed E-state index contributed by atoms with van der Waals surface area (Å²) in [4.78, 5) is 17.7. The molecule has 0 unspecified atom stereocenters. The van der Waals surface area contributed by atoms with Gasteiger partial charge in [-0.1, -0.05) is 25.0 Å². The summed E-state index contributed by atoms with van der Waals surface area (Å²) in [5.74, 6) is 0.932. The van der Waals surface area contributed by atoms with Gasteiger partial charge < -0.3 is 14.5 Å². The summed E-state index contributed by atoms with van der Waals surface area (Å²) in [6.45, 7) is 7.09. The lowest BCUT2D eigenvalue weighted by molar-refractivity contribution is -0.132. The number of rotatable bonds is 7. The van der Waals surface area contributed by atoms with Crippen molar-refractivity contribution in [1.82, 2.24) is 14.1 Å². The molecule has 3 fully saturated rings. The molecule has 0 atom stereocenters. The van der Waals surface area contributed by atoms with Crippen LogP contribution in [0.5, 0.6) is 0 Å². The van der Waals surface area contributed by atoms with Crippen LogP contribution in [0.25, 0.3) is 0 Å². The number of sulfonamides is 1. The predicted molar refractivity (Wildman–Crippen MR) is 129 cm³/mol. The van der Waals surface area contributed by atoms with Crippen molar-refractivity contribution in [2.45, 2.75) is 56.3 Å². The zero-order chi connectivity index (χ0) is 23.1. The first-order valence-electron chi connectivity index (χ1n) is 12.7. The van der Waals surface area contributed by atoms with E-state index in [1.807, 2.05) is 17.0 Å². The number of benzene rings is 1. The smallest absolute Gasteiger partial charge is 0.243 e. The van der Waals surface area contributed by atoms with Crippen molar-refractivity contribution >= 4 is 15.9 Å². The maximum absolute atomic E-state index is 12.7. The molecular formula is C25H39N3O4S. The first-order valence-corrected chi connectivity index (χ1v) is 14.1. The molecule has 3 heterocycles. The standard InChI is InChI=1S/C25H39N3O4S/c29-25(27-15-11-23(12-16-27)21-26-13-3-1-2-4-14-26)10-7-22-5-8-24(9-6-22)33(30,31)28-17-19-32-20-18-28/h5-6,8-9,23H,1-4,7,10-21H2. The molecule has 1 amide bonds. The van der Waals surface area contributed by atoms with Gasteiger partial charge in [-0.3, -0.25) is 4.79 Å². The van der Waals surface area contributed by atoms with Crippen molar-refractivity contribution < 1.29 is 17.9 Å². The second-order valence-electron chi connectivity index (χ2n) is 9.70. The van der Waals surface area contributed by atoms with Crippen molar-refractivity contribution in [3.63, 3.8) is 0 Å². The van der Waals surface area contributed by atoms with Gasteiger partial charge in [-0.2, -0.15) is 4.31 Å². The molecule has 0 saturated carbocycles. The number of amides is 1. The lowest BCUT2D eigenvalue weighted by Gasteiger charge is -2.34. The Balaban J connectivity index is 1.20. The van der Waals surface area contributed by atoms with Gasteiger partial charge in [0.1, 0.15) is 0 Å². The minimum Gasteiger partial charge on any atom is -0.379 e. The Morgan fingerprint density at radius 1 is 0.879 bits per heavy atom. The molecule has 1 aromatic rings. The number of nitrogens with zero attached hydrogens (tertiary/aromatic N) is 3. The van der Waals surface area contributed by atoms with Crippen LogP contribution in [-0.4, -0.2) is 87.5 Å². The molecule has 184 valence electrons. The number of carbonyl (C=O) groups is 1. The number of morpholine rings is 1. The molecule has 0 bridgehead atoms. The lowest BCUT2D eigenvalue weighted by Crippen LogP contribution is -2.41. The summed E-state index contributed by atoms with van der Waals surface area (Å²) in [7, 11) is -3.47. The fourth-order valence-corrected chi connectivity index (χ4v) is 6.63. The van der Waals surface area contributed by atoms with Gasteiger partial charge in [-0.05, 0) is 68.8 Å². The molecule has 0 aromatic heterocycles. The van der Waals surface area contributed by atoms with E-state index in [0.717, 1.165) is 31.5 Å². The molecule has 0 N–H and O–H groups in total. The Kier molecular flexibility index (Phi) is 8.79. The minimum atomic E-state index is -3.47. The van der Waals surface area contributed by atoms with Crippen molar-refractivity contribution in [1.29, 1.82) is 0 Å². The molecular weight excluding hydrogens is 438 g/mol. The second-order valence-corrected chi connectivity index (χ2v) is 11.6. The monoisotopic (exact) mass is 477 g/mol. The molecule has 3 saturated heterocycles. The van der Waals surface area contributed by atoms with E-state index in [-0.39, 0.29) is 5.91 Å². The highest BCUT2D eigenvalue weighted by Gasteiger charge is 2.27. The van der Waals surface area contributed by atoms with Gasteiger partial charge in [-0.15, -0.1) is 0 Å². The van der Waals surface area contributed by atoms with E-state index >= 15 is 0 Å². The van der Waals surface area contributed by atoms with E-state index in [1.54, 1.807) is 12.1 Å². The first-order chi connectivity index (χ1) is 16.0. The molecule has 1 aromatic carbocycles. The van der Waals surface area contributed by atoms with Crippen LogP contribution in [0.4, 0.5) is 0 Å². The Bertz CT molecular complexity index is 852. The predicted octanol–water partition coefficient (Wildman–Crippen LogP) is 2.75. The van der Waals surface area contributed by atoms with Crippen LogP contribution in [0.15, 0.2) is 29.2 Å². The van der Waals surface area contributed by atoms with Gasteiger partial charge in [0, 0.05) is 39.1 Å². The molecule has 8 heteroatoms. The second kappa shape index (κ2) is 11.8. The zero-order valence-corrected chi connectivity index (χ0v) is 20.6. The first kappa shape index (κ1) is 24.6. The molecule has 3 aliphatic heterocycles. The number of hydrogen-bond acceptors (Lipinski definition) is 5. The van der Waals surface area contributed by atoms with Crippen LogP contribution in [-0.2, 0) is 26.0 Å². The van der Waals surface area contributed by atoms with Crippen molar-refractivity contribution in [3.05, 3.63) is 29.8 Å². The van der Waals surface area contributed by atoms with E-state index in [2.05, 4.69) is 4.90 Å². The summed E-state index contributed by atoms with van der Waals surface area (Å²) in [6, 6.07) is 7.01. The maximum Gasteiger partial charge on any atom is 0.243 e. The van der Waals surface area contributed by atoms with Gasteiger partial charge in [0.05, 0.1) is 18.1 Å². The molecule has 0 spiro atoms. The van der Waals surface area contributed by atoms with Gasteiger partial charge in [0.2, 0.25) is 15.9 Å². The highest BCUT2D eigenvalue weighted by atomic mass is 32.2. The SMILES string of the molecule is O=C(CCc1ccc(S(=O)(=O)N2CCOCC2)cc1)N1CCC(CN2CCCCCC2)CC1. The van der Waals surface area contributed by atoms with E-state index in [4.69, 9.17) is 4.74 Å². The van der Waals surface area contributed by atoms with E-state index < -0.39 is 10.0 Å². The highest BCUT2D eigenvalue weighted by molar-refractivity contribution is 7.89. The molecule has 7 nitrogen and oxygen atoms in total. The van der Waals surface area contributed by atoms with E-state index in [1.165, 1.54) is 49.6 Å². The quantitative estimate of drug-likeness (QED) is 0.604. The maximum atomic E-state index is 12.7. The fourth-order valence-electron chi connectivity index (χ4n) is 5.22. The largest absolute Gasteiger partial charge is 0.379 e. The van der Waals surface area contributed by atoms with Crippen molar-refractivity contribution in [2.75, 3.05) is 59.0 Å². The molecule has 33 heavy (non-hydrogen) atoms. The number of carbonyl (C=O) groups excluding carboxylic acids is 1. The Labute approximate surface area is 199 Å². The summed E-state index contributed by atoms with van der Waals surface area (Å²) >= 11 is 0. The van der Waals surface area contributed by atoms with Gasteiger partial charge in [0.15, 0.2) is 0 Å². The third-order valence-corrected chi connectivity index (χ3v) is 9.25. The molecule has 3 aliphatic rings. The normalized spacial score (nSPS) is 22.2. The average Bonchev–Trinajstić information content (AvgIpc) is 3.12. The summed E-state index contributed by atoms with van der Waals surface area (Å²) < 4.78 is 32.2. The van der Waals surface area contributed by atoms with Crippen LogP contribution in [0.2, 0.25) is 0 Å². The van der Waals surface area contributed by atoms with E-state index in [0.29, 0.717) is 50.0 Å². The van der Waals surface area contributed by atoms with Crippen molar-refractivity contribution in [3.8, 4) is 0 Å². The molecule has 0 radical (unpaired) electrons. The number of likely N-dealkylation sites (tertiary alicyclic amines) is 2. The van der Waals surface area contributed by atoms with Gasteiger partial charge in [-0.25, -0.2) is 8.42 Å². The topological polar surface area (TPSA) is 70.2 Å². The summed E-state index contributed by atoms with van der Waals surface area (Å²) in [5.41, 5.74) is 1.00. The Morgan fingerprint density at radius 2 is 1.52 bits per heavy atom.